The SMILES string of the molecule is CC(=O)Nc1ccc(OCC(=O)c2cc(C)n(-c3ccc(OC(F)F)cc3)c2C)cc1. The van der Waals surface area contributed by atoms with Gasteiger partial charge in [-0.2, -0.15) is 8.78 Å². The summed E-state index contributed by atoms with van der Waals surface area (Å²) in [7, 11) is 0. The van der Waals surface area contributed by atoms with E-state index in [0.29, 0.717) is 17.0 Å². The maximum absolute atomic E-state index is 12.7. The third-order valence-electron chi connectivity index (χ3n) is 4.60. The summed E-state index contributed by atoms with van der Waals surface area (Å²) in [6.07, 6.45) is 0. The number of nitrogens with zero attached hydrogens (tertiary/aromatic N) is 1. The van der Waals surface area contributed by atoms with E-state index in [-0.39, 0.29) is 24.0 Å². The van der Waals surface area contributed by atoms with Gasteiger partial charge in [-0.25, -0.2) is 0 Å². The highest BCUT2D eigenvalue weighted by Crippen LogP contribution is 2.24. The van der Waals surface area contributed by atoms with Gasteiger partial charge in [0, 0.05) is 35.2 Å². The van der Waals surface area contributed by atoms with E-state index in [9.17, 15) is 18.4 Å². The zero-order valence-electron chi connectivity index (χ0n) is 17.3. The van der Waals surface area contributed by atoms with Crippen LogP contribution in [0.25, 0.3) is 5.69 Å². The number of carbonyl (C=O) groups excluding carboxylic acids is 2. The molecule has 0 unspecified atom stereocenters. The van der Waals surface area contributed by atoms with Crippen molar-refractivity contribution in [2.24, 2.45) is 0 Å². The third kappa shape index (κ3) is 5.48. The summed E-state index contributed by atoms with van der Waals surface area (Å²) in [5.74, 6) is 0.208. The summed E-state index contributed by atoms with van der Waals surface area (Å²) >= 11 is 0. The molecule has 1 N–H and O–H groups in total. The van der Waals surface area contributed by atoms with Gasteiger partial charge in [0.25, 0.3) is 0 Å². The highest BCUT2D eigenvalue weighted by atomic mass is 19.3. The Morgan fingerprint density at radius 1 is 1.00 bits per heavy atom. The zero-order chi connectivity index (χ0) is 22.5. The number of nitrogens with one attached hydrogen (secondary N) is 1. The molecule has 3 rings (SSSR count). The number of hydrogen-bond acceptors (Lipinski definition) is 4. The first kappa shape index (κ1) is 22.0. The number of halogens is 2. The fourth-order valence-corrected chi connectivity index (χ4v) is 3.28. The Hall–Kier alpha value is -3.68. The molecule has 1 heterocycles. The first-order chi connectivity index (χ1) is 14.7. The molecule has 0 saturated heterocycles. The molecule has 0 fully saturated rings. The smallest absolute Gasteiger partial charge is 0.387 e. The maximum atomic E-state index is 12.7. The molecule has 0 saturated carbocycles. The highest BCUT2D eigenvalue weighted by molar-refractivity contribution is 5.98. The third-order valence-corrected chi connectivity index (χ3v) is 4.60. The number of anilines is 1. The molecule has 1 amide bonds. The van der Waals surface area contributed by atoms with Crippen molar-refractivity contribution in [1.82, 2.24) is 4.57 Å². The number of hydrogen-bond donors (Lipinski definition) is 1. The highest BCUT2D eigenvalue weighted by Gasteiger charge is 2.17. The van der Waals surface area contributed by atoms with Gasteiger partial charge in [0.15, 0.2) is 6.61 Å². The average molecular weight is 428 g/mol. The van der Waals surface area contributed by atoms with Crippen molar-refractivity contribution < 1.29 is 27.8 Å². The van der Waals surface area contributed by atoms with E-state index in [1.807, 2.05) is 18.4 Å². The summed E-state index contributed by atoms with van der Waals surface area (Å²) in [4.78, 5) is 23.8. The number of amides is 1. The van der Waals surface area contributed by atoms with Gasteiger partial charge in [0.2, 0.25) is 11.7 Å². The van der Waals surface area contributed by atoms with E-state index in [2.05, 4.69) is 10.1 Å². The van der Waals surface area contributed by atoms with E-state index in [1.165, 1.54) is 19.1 Å². The number of aryl methyl sites for hydroxylation is 1. The number of ether oxygens (including phenoxy) is 2. The summed E-state index contributed by atoms with van der Waals surface area (Å²) < 4.78 is 36.5. The van der Waals surface area contributed by atoms with Gasteiger partial charge in [0.1, 0.15) is 11.5 Å². The van der Waals surface area contributed by atoms with Gasteiger partial charge in [-0.15, -0.1) is 0 Å². The number of rotatable bonds is 8. The standard InChI is InChI=1S/C23H22F2N2O4/c1-14-12-21(15(2)27(14)18-6-10-20(11-7-18)31-23(24)25)22(29)13-30-19-8-4-17(5-9-19)26-16(3)28/h4-12,23H,13H2,1-3H3,(H,26,28). The van der Waals surface area contributed by atoms with Crippen molar-refractivity contribution in [2.75, 3.05) is 11.9 Å². The normalized spacial score (nSPS) is 10.8. The van der Waals surface area contributed by atoms with Crippen LogP contribution >= 0.6 is 0 Å². The van der Waals surface area contributed by atoms with Gasteiger partial charge >= 0.3 is 6.61 Å². The number of Topliss-reactive ketones (excluding diaryl/α,β-unsaturated/α-hetero) is 1. The largest absolute Gasteiger partial charge is 0.485 e. The number of carbonyl (C=O) groups is 2. The summed E-state index contributed by atoms with van der Waals surface area (Å²) in [5, 5.41) is 2.66. The fourth-order valence-electron chi connectivity index (χ4n) is 3.28. The lowest BCUT2D eigenvalue weighted by atomic mass is 10.1. The monoisotopic (exact) mass is 428 g/mol. The van der Waals surface area contributed by atoms with Crippen molar-refractivity contribution in [3.63, 3.8) is 0 Å². The lowest BCUT2D eigenvalue weighted by molar-refractivity contribution is -0.114. The minimum absolute atomic E-state index is 0.0652. The van der Waals surface area contributed by atoms with E-state index >= 15 is 0 Å². The Labute approximate surface area is 178 Å². The van der Waals surface area contributed by atoms with Gasteiger partial charge < -0.3 is 19.4 Å². The molecule has 6 nitrogen and oxygen atoms in total. The number of benzene rings is 2. The van der Waals surface area contributed by atoms with Crippen LogP contribution in [0.15, 0.2) is 54.6 Å². The lowest BCUT2D eigenvalue weighted by Gasteiger charge is -2.11. The van der Waals surface area contributed by atoms with E-state index in [1.54, 1.807) is 42.5 Å². The van der Waals surface area contributed by atoms with Gasteiger partial charge in [-0.3, -0.25) is 9.59 Å². The van der Waals surface area contributed by atoms with Crippen LogP contribution in [-0.2, 0) is 4.79 Å². The molecular formula is C23H22F2N2O4. The molecule has 0 radical (unpaired) electrons. The van der Waals surface area contributed by atoms with Crippen LogP contribution in [0.5, 0.6) is 11.5 Å². The molecule has 0 bridgehead atoms. The molecule has 0 aliphatic heterocycles. The second-order valence-corrected chi connectivity index (χ2v) is 6.91. The van der Waals surface area contributed by atoms with Crippen LogP contribution in [0.1, 0.15) is 28.7 Å². The minimum atomic E-state index is -2.88. The van der Waals surface area contributed by atoms with Crippen LogP contribution in [0.4, 0.5) is 14.5 Å². The maximum Gasteiger partial charge on any atom is 0.387 e. The molecule has 2 aromatic carbocycles. The Balaban J connectivity index is 1.70. The van der Waals surface area contributed by atoms with Crippen LogP contribution in [-0.4, -0.2) is 29.5 Å². The number of ketones is 1. The fraction of sp³-hybridized carbons (Fsp3) is 0.217. The van der Waals surface area contributed by atoms with E-state index in [4.69, 9.17) is 4.74 Å². The molecule has 31 heavy (non-hydrogen) atoms. The van der Waals surface area contributed by atoms with Gasteiger partial charge in [-0.05, 0) is 68.4 Å². The predicted octanol–water partition coefficient (Wildman–Crippen LogP) is 4.92. The van der Waals surface area contributed by atoms with Crippen molar-refractivity contribution >= 4 is 17.4 Å². The van der Waals surface area contributed by atoms with E-state index < -0.39 is 6.61 Å². The molecule has 0 atom stereocenters. The second kappa shape index (κ2) is 9.42. The van der Waals surface area contributed by atoms with Crippen LogP contribution in [0, 0.1) is 13.8 Å². The lowest BCUT2D eigenvalue weighted by Crippen LogP contribution is -2.13. The predicted molar refractivity (Wildman–Crippen MR) is 112 cm³/mol. The Morgan fingerprint density at radius 3 is 2.19 bits per heavy atom. The van der Waals surface area contributed by atoms with Crippen LogP contribution in [0.3, 0.4) is 0 Å². The molecular weight excluding hydrogens is 406 g/mol. The zero-order valence-corrected chi connectivity index (χ0v) is 17.3. The average Bonchev–Trinajstić information content (AvgIpc) is 3.01. The van der Waals surface area contributed by atoms with Crippen molar-refractivity contribution in [3.8, 4) is 17.2 Å². The van der Waals surface area contributed by atoms with Crippen molar-refractivity contribution in [3.05, 3.63) is 71.5 Å². The Bertz CT molecular complexity index is 1070. The Morgan fingerprint density at radius 2 is 1.61 bits per heavy atom. The number of aromatic nitrogens is 1. The van der Waals surface area contributed by atoms with Crippen LogP contribution in [0.2, 0.25) is 0 Å². The molecule has 0 aliphatic carbocycles. The first-order valence-corrected chi connectivity index (χ1v) is 9.52. The second-order valence-electron chi connectivity index (χ2n) is 6.91. The summed E-state index contributed by atoms with van der Waals surface area (Å²) in [6.45, 7) is 2.06. The minimum Gasteiger partial charge on any atom is -0.485 e. The molecule has 3 aromatic rings. The summed E-state index contributed by atoms with van der Waals surface area (Å²) in [6, 6.07) is 14.7. The van der Waals surface area contributed by atoms with E-state index in [0.717, 1.165) is 17.1 Å². The summed E-state index contributed by atoms with van der Waals surface area (Å²) in [5.41, 5.74) is 3.42. The van der Waals surface area contributed by atoms with Crippen LogP contribution < -0.4 is 14.8 Å². The van der Waals surface area contributed by atoms with Gasteiger partial charge in [-0.1, -0.05) is 0 Å². The number of alkyl halides is 2. The topological polar surface area (TPSA) is 69.6 Å². The van der Waals surface area contributed by atoms with Crippen molar-refractivity contribution in [1.29, 1.82) is 0 Å². The molecule has 1 aromatic heterocycles. The quantitative estimate of drug-likeness (QED) is 0.518. The molecule has 0 spiro atoms. The first-order valence-electron chi connectivity index (χ1n) is 9.52. The van der Waals surface area contributed by atoms with Gasteiger partial charge in [0.05, 0.1) is 0 Å². The molecule has 162 valence electrons. The molecule has 0 aliphatic rings. The Kier molecular flexibility index (Phi) is 6.69. The van der Waals surface area contributed by atoms with Crippen molar-refractivity contribution in [2.45, 2.75) is 27.4 Å². The molecule has 8 heteroatoms.